The number of aryl methyl sites for hydroxylation is 1. The quantitative estimate of drug-likeness (QED) is 0.740. The van der Waals surface area contributed by atoms with Gasteiger partial charge in [-0.3, -0.25) is 24.5 Å². The summed E-state index contributed by atoms with van der Waals surface area (Å²) in [5, 5.41) is 0. The van der Waals surface area contributed by atoms with E-state index in [1.165, 1.54) is 19.3 Å². The minimum atomic E-state index is 0.179. The van der Waals surface area contributed by atoms with Crippen molar-refractivity contribution >= 4 is 5.91 Å². The standard InChI is InChI=1S/C24H31N5O2/c30-23(7-5-21-13-25-8-9-26-21)28-14-18-12-20(17-28)22-6-4-19(24(31)29(22)15-18)16-27-10-2-1-3-11-27/h4,6,8-9,13,18,20H,1-3,5,7,10-12,14-17H2/t18-,20+/m0/s1. The topological polar surface area (TPSA) is 71.3 Å². The van der Waals surface area contributed by atoms with Gasteiger partial charge in [0.15, 0.2) is 0 Å². The molecular weight excluding hydrogens is 390 g/mol. The summed E-state index contributed by atoms with van der Waals surface area (Å²) in [4.78, 5) is 38.9. The molecule has 7 nitrogen and oxygen atoms in total. The maximum Gasteiger partial charge on any atom is 0.255 e. The number of piperidine rings is 2. The van der Waals surface area contributed by atoms with Crippen LogP contribution in [0.2, 0.25) is 0 Å². The Morgan fingerprint density at radius 3 is 2.74 bits per heavy atom. The molecule has 2 aromatic rings. The van der Waals surface area contributed by atoms with Crippen molar-refractivity contribution in [3.8, 4) is 0 Å². The Kier molecular flexibility index (Phi) is 5.85. The lowest BCUT2D eigenvalue weighted by atomic mass is 9.82. The summed E-state index contributed by atoms with van der Waals surface area (Å²) < 4.78 is 2.01. The van der Waals surface area contributed by atoms with E-state index in [1.807, 2.05) is 15.5 Å². The molecule has 0 aliphatic carbocycles. The van der Waals surface area contributed by atoms with Gasteiger partial charge >= 0.3 is 0 Å². The van der Waals surface area contributed by atoms with E-state index in [0.717, 1.165) is 56.1 Å². The van der Waals surface area contributed by atoms with Crippen LogP contribution >= 0.6 is 0 Å². The third-order valence-electron chi connectivity index (χ3n) is 7.09. The van der Waals surface area contributed by atoms with Gasteiger partial charge in [0.1, 0.15) is 0 Å². The molecule has 0 aromatic carbocycles. The molecule has 7 heteroatoms. The Hall–Kier alpha value is -2.54. The highest BCUT2D eigenvalue weighted by molar-refractivity contribution is 5.76. The average Bonchev–Trinajstić information content (AvgIpc) is 2.81. The van der Waals surface area contributed by atoms with Crippen LogP contribution in [-0.4, -0.2) is 56.4 Å². The fourth-order valence-electron chi connectivity index (χ4n) is 5.53. The van der Waals surface area contributed by atoms with Crippen LogP contribution in [0.5, 0.6) is 0 Å². The largest absolute Gasteiger partial charge is 0.342 e. The van der Waals surface area contributed by atoms with E-state index in [4.69, 9.17) is 0 Å². The molecule has 5 heterocycles. The Labute approximate surface area is 183 Å². The number of nitrogens with zero attached hydrogens (tertiary/aromatic N) is 5. The van der Waals surface area contributed by atoms with Crippen molar-refractivity contribution in [2.24, 2.45) is 5.92 Å². The van der Waals surface area contributed by atoms with Gasteiger partial charge in [0, 0.05) is 68.4 Å². The molecule has 2 bridgehead atoms. The van der Waals surface area contributed by atoms with Crippen LogP contribution in [0, 0.1) is 5.92 Å². The molecule has 164 valence electrons. The summed E-state index contributed by atoms with van der Waals surface area (Å²) in [5.74, 6) is 0.789. The molecule has 0 unspecified atom stereocenters. The van der Waals surface area contributed by atoms with Gasteiger partial charge in [-0.15, -0.1) is 0 Å². The average molecular weight is 422 g/mol. The van der Waals surface area contributed by atoms with E-state index in [1.54, 1.807) is 18.6 Å². The minimum absolute atomic E-state index is 0.179. The monoisotopic (exact) mass is 421 g/mol. The summed E-state index contributed by atoms with van der Waals surface area (Å²) in [6.07, 6.45) is 11.0. The van der Waals surface area contributed by atoms with Gasteiger partial charge in [0.05, 0.1) is 5.69 Å². The zero-order valence-electron chi connectivity index (χ0n) is 18.1. The number of aromatic nitrogens is 3. The van der Waals surface area contributed by atoms with Crippen molar-refractivity contribution in [3.63, 3.8) is 0 Å². The summed E-state index contributed by atoms with van der Waals surface area (Å²) >= 11 is 0. The predicted octanol–water partition coefficient (Wildman–Crippen LogP) is 2.20. The van der Waals surface area contributed by atoms with Crippen LogP contribution in [0.15, 0.2) is 35.5 Å². The van der Waals surface area contributed by atoms with Crippen LogP contribution in [-0.2, 0) is 24.3 Å². The Morgan fingerprint density at radius 2 is 1.94 bits per heavy atom. The fraction of sp³-hybridized carbons (Fsp3) is 0.583. The highest BCUT2D eigenvalue weighted by Crippen LogP contribution is 2.35. The predicted molar refractivity (Wildman–Crippen MR) is 118 cm³/mol. The number of likely N-dealkylation sites (tertiary alicyclic amines) is 2. The number of hydrogen-bond acceptors (Lipinski definition) is 5. The molecule has 2 saturated heterocycles. The van der Waals surface area contributed by atoms with Crippen molar-refractivity contribution in [3.05, 3.63) is 58.0 Å². The van der Waals surface area contributed by atoms with Gasteiger partial charge in [0.2, 0.25) is 5.91 Å². The molecule has 2 atom stereocenters. The maximum atomic E-state index is 13.2. The third kappa shape index (κ3) is 4.42. The van der Waals surface area contributed by atoms with Gasteiger partial charge in [-0.25, -0.2) is 0 Å². The van der Waals surface area contributed by atoms with Crippen LogP contribution in [0.3, 0.4) is 0 Å². The second kappa shape index (κ2) is 8.91. The van der Waals surface area contributed by atoms with Crippen LogP contribution < -0.4 is 5.56 Å². The van der Waals surface area contributed by atoms with E-state index in [2.05, 4.69) is 20.9 Å². The number of hydrogen-bond donors (Lipinski definition) is 0. The number of pyridine rings is 1. The first-order valence-corrected chi connectivity index (χ1v) is 11.6. The number of rotatable bonds is 5. The Morgan fingerprint density at radius 1 is 1.06 bits per heavy atom. The summed E-state index contributed by atoms with van der Waals surface area (Å²) in [6, 6.07) is 4.19. The molecule has 0 spiro atoms. The lowest BCUT2D eigenvalue weighted by Gasteiger charge is -2.43. The van der Waals surface area contributed by atoms with Gasteiger partial charge in [-0.1, -0.05) is 12.5 Å². The molecule has 5 rings (SSSR count). The van der Waals surface area contributed by atoms with Crippen molar-refractivity contribution < 1.29 is 4.79 Å². The normalized spacial score (nSPS) is 23.4. The summed E-state index contributed by atoms with van der Waals surface area (Å²) in [6.45, 7) is 5.14. The van der Waals surface area contributed by atoms with Gasteiger partial charge in [-0.05, 0) is 50.8 Å². The third-order valence-corrected chi connectivity index (χ3v) is 7.09. The molecule has 1 amide bonds. The van der Waals surface area contributed by atoms with Crippen molar-refractivity contribution in [2.45, 2.75) is 57.5 Å². The van der Waals surface area contributed by atoms with Gasteiger partial charge in [0.25, 0.3) is 5.56 Å². The van der Waals surface area contributed by atoms with E-state index in [9.17, 15) is 9.59 Å². The first-order valence-electron chi connectivity index (χ1n) is 11.6. The number of carbonyl (C=O) groups excluding carboxylic acids is 1. The second-order valence-electron chi connectivity index (χ2n) is 9.33. The molecule has 3 aliphatic heterocycles. The molecule has 2 fully saturated rings. The fourth-order valence-corrected chi connectivity index (χ4v) is 5.53. The molecule has 3 aliphatic rings. The highest BCUT2D eigenvalue weighted by atomic mass is 16.2. The molecular formula is C24H31N5O2. The van der Waals surface area contributed by atoms with E-state index < -0.39 is 0 Å². The zero-order valence-corrected chi connectivity index (χ0v) is 18.1. The first kappa shape index (κ1) is 20.4. The molecule has 0 N–H and O–H groups in total. The Balaban J connectivity index is 1.27. The van der Waals surface area contributed by atoms with E-state index in [-0.39, 0.29) is 17.4 Å². The van der Waals surface area contributed by atoms with Crippen molar-refractivity contribution in [1.82, 2.24) is 24.3 Å². The van der Waals surface area contributed by atoms with E-state index in [0.29, 0.717) is 25.3 Å². The SMILES string of the molecule is O=C(CCc1cnccn1)N1C[C@@H]2C[C@H](C1)c1ccc(CN3CCCCC3)c(=O)n1C2. The highest BCUT2D eigenvalue weighted by Gasteiger charge is 2.36. The molecule has 0 radical (unpaired) electrons. The second-order valence-corrected chi connectivity index (χ2v) is 9.33. The van der Waals surface area contributed by atoms with Crippen LogP contribution in [0.4, 0.5) is 0 Å². The first-order chi connectivity index (χ1) is 15.2. The zero-order chi connectivity index (χ0) is 21.2. The summed E-state index contributed by atoms with van der Waals surface area (Å²) in [7, 11) is 0. The van der Waals surface area contributed by atoms with Crippen molar-refractivity contribution in [2.75, 3.05) is 26.2 Å². The number of amides is 1. The lowest BCUT2D eigenvalue weighted by molar-refractivity contribution is -0.133. The van der Waals surface area contributed by atoms with Crippen LogP contribution in [0.1, 0.15) is 55.0 Å². The smallest absolute Gasteiger partial charge is 0.255 e. The lowest BCUT2D eigenvalue weighted by Crippen LogP contribution is -2.49. The molecule has 0 saturated carbocycles. The Bertz CT molecular complexity index is 983. The van der Waals surface area contributed by atoms with Gasteiger partial charge in [-0.2, -0.15) is 0 Å². The maximum absolute atomic E-state index is 13.2. The number of carbonyl (C=O) groups is 1. The molecule has 2 aromatic heterocycles. The van der Waals surface area contributed by atoms with Crippen molar-refractivity contribution in [1.29, 1.82) is 0 Å². The number of fused-ring (bicyclic) bond motifs is 4. The van der Waals surface area contributed by atoms with Crippen LogP contribution in [0.25, 0.3) is 0 Å². The van der Waals surface area contributed by atoms with E-state index >= 15 is 0 Å². The molecule has 31 heavy (non-hydrogen) atoms. The summed E-state index contributed by atoms with van der Waals surface area (Å²) in [5.41, 5.74) is 3.06. The van der Waals surface area contributed by atoms with Gasteiger partial charge < -0.3 is 9.47 Å². The minimum Gasteiger partial charge on any atom is -0.342 e.